The van der Waals surface area contributed by atoms with Crippen molar-refractivity contribution in [2.45, 2.75) is 53.1 Å². The van der Waals surface area contributed by atoms with Crippen LogP contribution in [0.1, 0.15) is 41.5 Å². The summed E-state index contributed by atoms with van der Waals surface area (Å²) in [6.45, 7) is 16.7. The van der Waals surface area contributed by atoms with Gasteiger partial charge in [-0.05, 0) is 26.2 Å². The van der Waals surface area contributed by atoms with Gasteiger partial charge in [0, 0.05) is 36.6 Å². The zero-order chi connectivity index (χ0) is 14.5. The lowest BCUT2D eigenvalue weighted by atomic mass is 9.59. The van der Waals surface area contributed by atoms with Gasteiger partial charge in [-0.3, -0.25) is 9.69 Å². The molecule has 1 unspecified atom stereocenters. The number of hydrogen-bond donors (Lipinski definition) is 2. The summed E-state index contributed by atoms with van der Waals surface area (Å²) < 4.78 is 0. The van der Waals surface area contributed by atoms with E-state index in [1.165, 1.54) is 0 Å². The lowest BCUT2D eigenvalue weighted by Crippen LogP contribution is -2.79. The van der Waals surface area contributed by atoms with Crippen molar-refractivity contribution in [2.75, 3.05) is 26.2 Å². The third kappa shape index (κ3) is 3.11. The van der Waals surface area contributed by atoms with Crippen molar-refractivity contribution in [3.63, 3.8) is 0 Å². The average Bonchev–Trinajstić information content (AvgIpc) is 2.01. The predicted octanol–water partition coefficient (Wildman–Crippen LogP) is 1.22. The SMILES string of the molecule is CC(C)(C)NC(=O)CN1CC2(CNC2C(C)(C)C)C1. The minimum atomic E-state index is -0.133. The van der Waals surface area contributed by atoms with E-state index in [9.17, 15) is 4.79 Å². The zero-order valence-electron chi connectivity index (χ0n) is 13.3. The Kier molecular flexibility index (Phi) is 3.47. The third-order valence-corrected chi connectivity index (χ3v) is 4.10. The molecule has 0 aliphatic carbocycles. The highest BCUT2D eigenvalue weighted by molar-refractivity contribution is 5.78. The van der Waals surface area contributed by atoms with Crippen molar-refractivity contribution in [3.05, 3.63) is 0 Å². The summed E-state index contributed by atoms with van der Waals surface area (Å²) >= 11 is 0. The molecule has 1 amide bonds. The lowest BCUT2D eigenvalue weighted by Gasteiger charge is -2.64. The van der Waals surface area contributed by atoms with Gasteiger partial charge in [0.15, 0.2) is 0 Å². The van der Waals surface area contributed by atoms with Crippen LogP contribution in [0.3, 0.4) is 0 Å². The first kappa shape index (κ1) is 14.8. The second kappa shape index (κ2) is 4.45. The number of rotatable bonds is 2. The highest BCUT2D eigenvalue weighted by atomic mass is 16.2. The molecule has 1 atom stereocenters. The molecule has 1 spiro atoms. The normalized spacial score (nSPS) is 26.7. The van der Waals surface area contributed by atoms with Crippen molar-refractivity contribution < 1.29 is 4.79 Å². The van der Waals surface area contributed by atoms with E-state index in [0.29, 0.717) is 23.4 Å². The van der Waals surface area contributed by atoms with Crippen LogP contribution in [-0.4, -0.2) is 48.6 Å². The standard InChI is InChI=1S/C15H29N3O/c1-13(2,3)12-15(8-16-12)9-18(10-15)7-11(19)17-14(4,5)6/h12,16H,7-10H2,1-6H3,(H,17,19). The highest BCUT2D eigenvalue weighted by Gasteiger charge is 2.58. The molecular formula is C15H29N3O. The monoisotopic (exact) mass is 267 g/mol. The number of carbonyl (C=O) groups excluding carboxylic acids is 1. The van der Waals surface area contributed by atoms with Crippen molar-refractivity contribution in [1.29, 1.82) is 0 Å². The first-order chi connectivity index (χ1) is 8.52. The fourth-order valence-corrected chi connectivity index (χ4v) is 3.63. The number of nitrogens with one attached hydrogen (secondary N) is 2. The second-order valence-corrected chi connectivity index (χ2v) is 8.49. The minimum Gasteiger partial charge on any atom is -0.350 e. The molecule has 2 aliphatic heterocycles. The van der Waals surface area contributed by atoms with Gasteiger partial charge in [0.2, 0.25) is 5.91 Å². The molecule has 2 aliphatic rings. The third-order valence-electron chi connectivity index (χ3n) is 4.10. The summed E-state index contributed by atoms with van der Waals surface area (Å²) in [5.74, 6) is 0.141. The summed E-state index contributed by atoms with van der Waals surface area (Å²) in [6, 6.07) is 0.585. The summed E-state index contributed by atoms with van der Waals surface area (Å²) in [6.07, 6.45) is 0. The molecule has 19 heavy (non-hydrogen) atoms. The van der Waals surface area contributed by atoms with E-state index in [1.54, 1.807) is 0 Å². The molecule has 2 saturated heterocycles. The first-order valence-electron chi connectivity index (χ1n) is 7.29. The topological polar surface area (TPSA) is 44.4 Å². The van der Waals surface area contributed by atoms with Crippen LogP contribution in [0, 0.1) is 10.8 Å². The Morgan fingerprint density at radius 2 is 1.84 bits per heavy atom. The Morgan fingerprint density at radius 1 is 1.26 bits per heavy atom. The summed E-state index contributed by atoms with van der Waals surface area (Å²) in [4.78, 5) is 14.2. The maximum absolute atomic E-state index is 11.9. The van der Waals surface area contributed by atoms with Crippen LogP contribution in [0.5, 0.6) is 0 Å². The molecule has 0 saturated carbocycles. The van der Waals surface area contributed by atoms with E-state index in [-0.39, 0.29) is 11.4 Å². The van der Waals surface area contributed by atoms with E-state index >= 15 is 0 Å². The summed E-state index contributed by atoms with van der Waals surface area (Å²) in [7, 11) is 0. The lowest BCUT2D eigenvalue weighted by molar-refractivity contribution is -0.137. The van der Waals surface area contributed by atoms with Crippen LogP contribution in [0.15, 0.2) is 0 Å². The molecule has 4 heteroatoms. The molecule has 4 nitrogen and oxygen atoms in total. The first-order valence-corrected chi connectivity index (χ1v) is 7.29. The van der Waals surface area contributed by atoms with Gasteiger partial charge in [-0.2, -0.15) is 0 Å². The molecule has 0 aromatic rings. The Hall–Kier alpha value is -0.610. The van der Waals surface area contributed by atoms with E-state index in [1.807, 2.05) is 20.8 Å². The summed E-state index contributed by atoms with van der Waals surface area (Å²) in [5.41, 5.74) is 0.587. The largest absolute Gasteiger partial charge is 0.350 e. The van der Waals surface area contributed by atoms with Crippen LogP contribution < -0.4 is 10.6 Å². The molecule has 2 heterocycles. The predicted molar refractivity (Wildman–Crippen MR) is 78.0 cm³/mol. The molecule has 0 aromatic heterocycles. The van der Waals surface area contributed by atoms with Crippen molar-refractivity contribution in [3.8, 4) is 0 Å². The molecular weight excluding hydrogens is 238 g/mol. The van der Waals surface area contributed by atoms with Gasteiger partial charge in [0.25, 0.3) is 0 Å². The molecule has 2 fully saturated rings. The van der Waals surface area contributed by atoms with Gasteiger partial charge in [-0.25, -0.2) is 0 Å². The van der Waals surface area contributed by atoms with Crippen molar-refractivity contribution >= 4 is 5.91 Å². The van der Waals surface area contributed by atoms with E-state index < -0.39 is 0 Å². The van der Waals surface area contributed by atoms with Gasteiger partial charge < -0.3 is 10.6 Å². The van der Waals surface area contributed by atoms with Crippen LogP contribution >= 0.6 is 0 Å². The van der Waals surface area contributed by atoms with Gasteiger partial charge in [-0.15, -0.1) is 0 Å². The number of carbonyl (C=O) groups is 1. The van der Waals surface area contributed by atoms with Crippen LogP contribution in [0.2, 0.25) is 0 Å². The van der Waals surface area contributed by atoms with Crippen molar-refractivity contribution in [2.24, 2.45) is 10.8 Å². The van der Waals surface area contributed by atoms with Gasteiger partial charge in [0.1, 0.15) is 0 Å². The maximum Gasteiger partial charge on any atom is 0.234 e. The molecule has 110 valence electrons. The molecule has 0 bridgehead atoms. The quantitative estimate of drug-likeness (QED) is 0.791. The van der Waals surface area contributed by atoms with E-state index in [4.69, 9.17) is 0 Å². The fourth-order valence-electron chi connectivity index (χ4n) is 3.63. The van der Waals surface area contributed by atoms with Crippen LogP contribution in [0.4, 0.5) is 0 Å². The average molecular weight is 267 g/mol. The van der Waals surface area contributed by atoms with E-state index in [2.05, 4.69) is 36.3 Å². The Balaban J connectivity index is 1.79. The number of nitrogens with zero attached hydrogens (tertiary/aromatic N) is 1. The van der Waals surface area contributed by atoms with E-state index in [0.717, 1.165) is 19.6 Å². The maximum atomic E-state index is 11.9. The summed E-state index contributed by atoms with van der Waals surface area (Å²) in [5, 5.41) is 6.59. The number of amides is 1. The van der Waals surface area contributed by atoms with Gasteiger partial charge in [0.05, 0.1) is 6.54 Å². The highest BCUT2D eigenvalue weighted by Crippen LogP contribution is 2.46. The zero-order valence-corrected chi connectivity index (χ0v) is 13.3. The Labute approximate surface area is 117 Å². The number of hydrogen-bond acceptors (Lipinski definition) is 3. The smallest absolute Gasteiger partial charge is 0.234 e. The number of likely N-dealkylation sites (tertiary alicyclic amines) is 1. The molecule has 2 rings (SSSR count). The van der Waals surface area contributed by atoms with Gasteiger partial charge >= 0.3 is 0 Å². The Bertz CT molecular complexity index is 359. The van der Waals surface area contributed by atoms with Crippen LogP contribution in [-0.2, 0) is 4.79 Å². The van der Waals surface area contributed by atoms with Crippen LogP contribution in [0.25, 0.3) is 0 Å². The minimum absolute atomic E-state index is 0.133. The fraction of sp³-hybridized carbons (Fsp3) is 0.933. The Morgan fingerprint density at radius 3 is 2.21 bits per heavy atom. The van der Waals surface area contributed by atoms with Gasteiger partial charge in [-0.1, -0.05) is 20.8 Å². The molecule has 0 radical (unpaired) electrons. The molecule has 2 N–H and O–H groups in total. The second-order valence-electron chi connectivity index (χ2n) is 8.49. The van der Waals surface area contributed by atoms with Crippen molar-refractivity contribution in [1.82, 2.24) is 15.5 Å². The molecule has 0 aromatic carbocycles.